The highest BCUT2D eigenvalue weighted by molar-refractivity contribution is 5.85. The molecular formula is C6H18Cl2N2. The van der Waals surface area contributed by atoms with E-state index in [0.717, 1.165) is 6.42 Å². The Hall–Kier alpha value is 0.500. The summed E-state index contributed by atoms with van der Waals surface area (Å²) in [6.45, 7) is 4.22. The molecule has 1 unspecified atom stereocenters. The number of halogens is 2. The molecule has 0 rings (SSSR count). The third-order valence-electron chi connectivity index (χ3n) is 1.40. The Balaban J connectivity index is -0.000000245. The highest BCUT2D eigenvalue weighted by atomic mass is 35.5. The minimum Gasteiger partial charge on any atom is -0.316 e. The van der Waals surface area contributed by atoms with Gasteiger partial charge >= 0.3 is 0 Å². The first-order valence-electron chi connectivity index (χ1n) is 3.19. The molecule has 1 atom stereocenters. The molecule has 0 saturated heterocycles. The van der Waals surface area contributed by atoms with E-state index in [9.17, 15) is 0 Å². The lowest BCUT2D eigenvalue weighted by Crippen LogP contribution is -2.37. The minimum atomic E-state index is -0.130. The topological polar surface area (TPSA) is 52.0 Å². The van der Waals surface area contributed by atoms with Gasteiger partial charge in [0.15, 0.2) is 0 Å². The summed E-state index contributed by atoms with van der Waals surface area (Å²) in [5.74, 6) is 0.472. The van der Waals surface area contributed by atoms with Gasteiger partial charge in [-0.3, -0.25) is 0 Å². The normalized spacial score (nSPS) is 11.7. The lowest BCUT2D eigenvalue weighted by atomic mass is 10.0. The first-order valence-corrected chi connectivity index (χ1v) is 3.19. The molecular weight excluding hydrogens is 171 g/mol. The standard InChI is InChI=1S/C6H16N2.2ClH/c1-3-4-5(2)6(7)8;;/h5-6H,3-4,7-8H2,1-2H3;2*1H. The monoisotopic (exact) mass is 188 g/mol. The van der Waals surface area contributed by atoms with Gasteiger partial charge in [0.2, 0.25) is 0 Å². The second-order valence-electron chi connectivity index (χ2n) is 2.34. The summed E-state index contributed by atoms with van der Waals surface area (Å²) >= 11 is 0. The molecule has 0 fully saturated rings. The molecule has 0 aliphatic heterocycles. The van der Waals surface area contributed by atoms with Crippen LogP contribution in [0.3, 0.4) is 0 Å². The lowest BCUT2D eigenvalue weighted by molar-refractivity contribution is 0.432. The number of hydrogen-bond acceptors (Lipinski definition) is 2. The maximum atomic E-state index is 5.40. The lowest BCUT2D eigenvalue weighted by Gasteiger charge is -2.12. The fraction of sp³-hybridized carbons (Fsp3) is 1.00. The minimum absolute atomic E-state index is 0. The van der Waals surface area contributed by atoms with Gasteiger partial charge in [-0.1, -0.05) is 20.3 Å². The zero-order valence-electron chi connectivity index (χ0n) is 6.54. The van der Waals surface area contributed by atoms with Crippen molar-refractivity contribution in [2.75, 3.05) is 0 Å². The van der Waals surface area contributed by atoms with Gasteiger partial charge in [0, 0.05) is 0 Å². The Labute approximate surface area is 75.5 Å². The molecule has 4 N–H and O–H groups in total. The Bertz CT molecular complexity index is 59.7. The predicted molar refractivity (Wildman–Crippen MR) is 50.7 cm³/mol. The maximum absolute atomic E-state index is 5.40. The van der Waals surface area contributed by atoms with Gasteiger partial charge in [0.05, 0.1) is 6.17 Å². The largest absolute Gasteiger partial charge is 0.316 e. The Morgan fingerprint density at radius 1 is 1.20 bits per heavy atom. The van der Waals surface area contributed by atoms with Gasteiger partial charge in [-0.25, -0.2) is 0 Å². The summed E-state index contributed by atoms with van der Waals surface area (Å²) in [5.41, 5.74) is 10.8. The predicted octanol–water partition coefficient (Wildman–Crippen LogP) is 1.51. The Kier molecular flexibility index (Phi) is 16.0. The van der Waals surface area contributed by atoms with Gasteiger partial charge in [-0.05, 0) is 12.3 Å². The van der Waals surface area contributed by atoms with E-state index >= 15 is 0 Å². The third kappa shape index (κ3) is 8.50. The fourth-order valence-corrected chi connectivity index (χ4v) is 0.648. The van der Waals surface area contributed by atoms with Gasteiger partial charge in [0.25, 0.3) is 0 Å². The Morgan fingerprint density at radius 3 is 1.70 bits per heavy atom. The van der Waals surface area contributed by atoms with E-state index < -0.39 is 0 Å². The number of nitrogens with two attached hydrogens (primary N) is 2. The quantitative estimate of drug-likeness (QED) is 0.661. The first kappa shape index (κ1) is 16.8. The van der Waals surface area contributed by atoms with Crippen molar-refractivity contribution in [2.24, 2.45) is 17.4 Å². The second kappa shape index (κ2) is 9.50. The van der Waals surface area contributed by atoms with Crippen LogP contribution in [0.1, 0.15) is 26.7 Å². The van der Waals surface area contributed by atoms with Crippen molar-refractivity contribution < 1.29 is 0 Å². The van der Waals surface area contributed by atoms with Crippen LogP contribution in [0.2, 0.25) is 0 Å². The molecule has 0 aliphatic rings. The van der Waals surface area contributed by atoms with Crippen LogP contribution in [0.25, 0.3) is 0 Å². The maximum Gasteiger partial charge on any atom is 0.0547 e. The van der Waals surface area contributed by atoms with Crippen LogP contribution in [-0.2, 0) is 0 Å². The average molecular weight is 189 g/mol. The fourth-order valence-electron chi connectivity index (χ4n) is 0.648. The SMILES string of the molecule is CCCC(C)C(N)N.Cl.Cl. The molecule has 0 aromatic carbocycles. The van der Waals surface area contributed by atoms with E-state index in [4.69, 9.17) is 11.5 Å². The summed E-state index contributed by atoms with van der Waals surface area (Å²) in [6.07, 6.45) is 2.18. The molecule has 0 aromatic heterocycles. The van der Waals surface area contributed by atoms with Crippen molar-refractivity contribution in [1.29, 1.82) is 0 Å². The zero-order valence-corrected chi connectivity index (χ0v) is 8.17. The number of rotatable bonds is 3. The van der Waals surface area contributed by atoms with Gasteiger partial charge < -0.3 is 11.5 Å². The van der Waals surface area contributed by atoms with E-state index in [1.807, 2.05) is 0 Å². The highest BCUT2D eigenvalue weighted by Gasteiger charge is 2.04. The van der Waals surface area contributed by atoms with E-state index in [1.54, 1.807) is 0 Å². The van der Waals surface area contributed by atoms with Crippen LogP contribution in [0, 0.1) is 5.92 Å². The van der Waals surface area contributed by atoms with Crippen LogP contribution in [0.4, 0.5) is 0 Å². The molecule has 0 radical (unpaired) electrons. The smallest absolute Gasteiger partial charge is 0.0547 e. The Morgan fingerprint density at radius 2 is 1.60 bits per heavy atom. The molecule has 0 spiro atoms. The second-order valence-corrected chi connectivity index (χ2v) is 2.34. The van der Waals surface area contributed by atoms with Crippen molar-refractivity contribution in [3.8, 4) is 0 Å². The van der Waals surface area contributed by atoms with Crippen molar-refractivity contribution in [3.05, 3.63) is 0 Å². The summed E-state index contributed by atoms with van der Waals surface area (Å²) in [6, 6.07) is 0. The first-order chi connectivity index (χ1) is 3.68. The summed E-state index contributed by atoms with van der Waals surface area (Å²) in [4.78, 5) is 0. The van der Waals surface area contributed by atoms with Crippen molar-refractivity contribution in [2.45, 2.75) is 32.9 Å². The van der Waals surface area contributed by atoms with Crippen LogP contribution in [0.5, 0.6) is 0 Å². The van der Waals surface area contributed by atoms with Crippen LogP contribution in [0.15, 0.2) is 0 Å². The average Bonchev–Trinajstić information content (AvgIpc) is 1.67. The molecule has 4 heteroatoms. The molecule has 0 amide bonds. The van der Waals surface area contributed by atoms with Gasteiger partial charge in [-0.2, -0.15) is 0 Å². The van der Waals surface area contributed by atoms with Crippen LogP contribution >= 0.6 is 24.8 Å². The molecule has 66 valence electrons. The van der Waals surface area contributed by atoms with Crippen molar-refractivity contribution in [3.63, 3.8) is 0 Å². The summed E-state index contributed by atoms with van der Waals surface area (Å²) in [7, 11) is 0. The van der Waals surface area contributed by atoms with Gasteiger partial charge in [-0.15, -0.1) is 24.8 Å². The van der Waals surface area contributed by atoms with E-state index in [-0.39, 0.29) is 31.0 Å². The van der Waals surface area contributed by atoms with E-state index in [2.05, 4.69) is 13.8 Å². The van der Waals surface area contributed by atoms with E-state index in [1.165, 1.54) is 6.42 Å². The third-order valence-corrected chi connectivity index (χ3v) is 1.40. The van der Waals surface area contributed by atoms with Crippen molar-refractivity contribution >= 4 is 24.8 Å². The molecule has 0 saturated carbocycles. The van der Waals surface area contributed by atoms with Crippen molar-refractivity contribution in [1.82, 2.24) is 0 Å². The molecule has 2 nitrogen and oxygen atoms in total. The molecule has 0 bridgehead atoms. The van der Waals surface area contributed by atoms with Crippen LogP contribution in [-0.4, -0.2) is 6.17 Å². The highest BCUT2D eigenvalue weighted by Crippen LogP contribution is 2.03. The number of hydrogen-bond donors (Lipinski definition) is 2. The van der Waals surface area contributed by atoms with E-state index in [0.29, 0.717) is 5.92 Å². The summed E-state index contributed by atoms with van der Waals surface area (Å²) in [5, 5.41) is 0. The molecule has 10 heavy (non-hydrogen) atoms. The van der Waals surface area contributed by atoms with Crippen LogP contribution < -0.4 is 11.5 Å². The molecule has 0 aliphatic carbocycles. The summed E-state index contributed by atoms with van der Waals surface area (Å²) < 4.78 is 0. The van der Waals surface area contributed by atoms with Gasteiger partial charge in [0.1, 0.15) is 0 Å². The zero-order chi connectivity index (χ0) is 6.57. The molecule has 0 heterocycles. The molecule has 0 aromatic rings.